The fourth-order valence-corrected chi connectivity index (χ4v) is 8.13. The van der Waals surface area contributed by atoms with E-state index in [1.54, 1.807) is 0 Å². The van der Waals surface area contributed by atoms with E-state index in [2.05, 4.69) is 19.1 Å². The molecule has 11 atom stereocenters. The van der Waals surface area contributed by atoms with Crippen LogP contribution in [0.15, 0.2) is 12.2 Å². The van der Waals surface area contributed by atoms with E-state index < -0.39 is 29.3 Å². The van der Waals surface area contributed by atoms with E-state index in [1.165, 1.54) is 0 Å². The highest BCUT2D eigenvalue weighted by Gasteiger charge is 2.46. The van der Waals surface area contributed by atoms with Crippen molar-refractivity contribution < 1.29 is 47.8 Å². The van der Waals surface area contributed by atoms with Gasteiger partial charge in [0.15, 0.2) is 23.1 Å². The number of aliphatic hydroxyl groups is 1. The lowest BCUT2D eigenvalue weighted by molar-refractivity contribution is -0.343. The van der Waals surface area contributed by atoms with Crippen LogP contribution in [0.25, 0.3) is 0 Å². The van der Waals surface area contributed by atoms with Crippen LogP contribution in [0.3, 0.4) is 0 Å². The van der Waals surface area contributed by atoms with Gasteiger partial charge < -0.3 is 47.8 Å². The predicted octanol–water partition coefficient (Wildman–Crippen LogP) is 6.84. The number of aliphatic hydroxyl groups excluding tert-OH is 1. The Morgan fingerprint density at radius 3 is 1.52 bits per heavy atom. The molecule has 4 heterocycles. The molecule has 4 saturated heterocycles. The fraction of sp³-hybridized carbons (Fsp3) is 0.921. The van der Waals surface area contributed by atoms with Crippen LogP contribution in [0.2, 0.25) is 0 Å². The highest BCUT2D eigenvalue weighted by atomic mass is 16.7. The quantitative estimate of drug-likeness (QED) is 0.174. The molecule has 0 amide bonds. The number of ether oxygens (including phenoxy) is 8. The second kappa shape index (κ2) is 15.7. The van der Waals surface area contributed by atoms with Crippen LogP contribution >= 0.6 is 0 Å². The van der Waals surface area contributed by atoms with Gasteiger partial charge in [0.05, 0.1) is 54.9 Å². The lowest BCUT2D eigenvalue weighted by Crippen LogP contribution is -2.53. The third kappa shape index (κ3) is 11.5. The number of carbonyl (C=O) groups excluding carboxylic acids is 1. The number of hydrogen-bond acceptors (Lipinski definition) is 10. The van der Waals surface area contributed by atoms with Gasteiger partial charge in [-0.1, -0.05) is 39.8 Å². The Bertz CT molecular complexity index is 1070. The monoisotopic (exact) mass is 682 g/mol. The zero-order valence-electron chi connectivity index (χ0n) is 31.7. The highest BCUT2D eigenvalue weighted by molar-refractivity contribution is 5.50. The van der Waals surface area contributed by atoms with Gasteiger partial charge in [0.2, 0.25) is 0 Å². The highest BCUT2D eigenvalue weighted by Crippen LogP contribution is 2.40. The van der Waals surface area contributed by atoms with E-state index >= 15 is 0 Å². The van der Waals surface area contributed by atoms with Gasteiger partial charge in [0.25, 0.3) is 0 Å². The van der Waals surface area contributed by atoms with Crippen LogP contribution in [0, 0.1) is 17.8 Å². The van der Waals surface area contributed by atoms with E-state index in [4.69, 9.17) is 37.9 Å². The van der Waals surface area contributed by atoms with Gasteiger partial charge in [0, 0.05) is 56.8 Å². The molecule has 0 unspecified atom stereocenters. The second-order valence-corrected chi connectivity index (χ2v) is 16.9. The lowest BCUT2D eigenvalue weighted by Gasteiger charge is -2.48. The van der Waals surface area contributed by atoms with Crippen LogP contribution in [-0.4, -0.2) is 89.5 Å². The molecule has 4 fully saturated rings. The fourth-order valence-electron chi connectivity index (χ4n) is 8.13. The Hall–Kier alpha value is -0.950. The summed E-state index contributed by atoms with van der Waals surface area (Å²) < 4.78 is 51.0. The Morgan fingerprint density at radius 1 is 0.625 bits per heavy atom. The van der Waals surface area contributed by atoms with Crippen molar-refractivity contribution in [3.63, 3.8) is 0 Å². The van der Waals surface area contributed by atoms with Crippen LogP contribution in [-0.2, 0) is 42.7 Å². The summed E-state index contributed by atoms with van der Waals surface area (Å²) in [5.41, 5.74) is 0. The van der Waals surface area contributed by atoms with Crippen LogP contribution in [0.5, 0.6) is 0 Å². The van der Waals surface area contributed by atoms with Crippen molar-refractivity contribution in [3.8, 4) is 0 Å². The molecule has 4 aliphatic rings. The molecule has 0 aliphatic carbocycles. The average molecular weight is 683 g/mol. The first-order valence-corrected chi connectivity index (χ1v) is 18.4. The number of hydrogen-bond donors (Lipinski definition) is 1. The minimum Gasteiger partial charge on any atom is -0.392 e. The summed E-state index contributed by atoms with van der Waals surface area (Å²) in [7, 11) is 0. The van der Waals surface area contributed by atoms with Gasteiger partial charge in [-0.05, 0) is 61.3 Å². The lowest BCUT2D eigenvalue weighted by atomic mass is 9.87. The Morgan fingerprint density at radius 2 is 1.04 bits per heavy atom. The maximum atomic E-state index is 11.3. The first-order valence-electron chi connectivity index (χ1n) is 18.4. The molecule has 0 spiro atoms. The van der Waals surface area contributed by atoms with Crippen LogP contribution in [0.1, 0.15) is 128 Å². The van der Waals surface area contributed by atoms with Crippen molar-refractivity contribution in [1.29, 1.82) is 0 Å². The molecule has 4 aliphatic heterocycles. The van der Waals surface area contributed by atoms with E-state index in [-0.39, 0.29) is 66.6 Å². The maximum absolute atomic E-state index is 11.3. The Labute approximate surface area is 289 Å². The molecule has 278 valence electrons. The molecule has 0 aromatic carbocycles. The molecule has 10 heteroatoms. The third-order valence-corrected chi connectivity index (χ3v) is 10.0. The van der Waals surface area contributed by atoms with Gasteiger partial charge in [-0.25, -0.2) is 0 Å². The second-order valence-electron chi connectivity index (χ2n) is 16.9. The van der Waals surface area contributed by atoms with Crippen molar-refractivity contribution >= 4 is 6.29 Å². The smallest absolute Gasteiger partial charge is 0.163 e. The maximum Gasteiger partial charge on any atom is 0.163 e. The molecule has 1 N–H and O–H groups in total. The average Bonchev–Trinajstić information content (AvgIpc) is 2.91. The standard InChI is InChI=1S/C38H66O10/c1-23(2)34(40)24(3)13-14-26-17-27(42-35(5,6)41-26)18-28-19-29(44-36(7,8)43-28)20-30-21-31(46-37(9,10)45-30)22-33-25(4)32(15-16-39)47-38(11,12)48-33/h13-14,16,23-34,40H,15,17-22H2,1-12H3/b14-13+/t24-,25-,26-,27-,28+,29-,30+,31+,32-,33+,34-/m0/s1. The molecule has 0 radical (unpaired) electrons. The summed E-state index contributed by atoms with van der Waals surface area (Å²) >= 11 is 0. The largest absolute Gasteiger partial charge is 0.392 e. The number of rotatable bonds is 12. The van der Waals surface area contributed by atoms with Crippen molar-refractivity contribution in [2.45, 2.75) is 206 Å². The molecular formula is C38H66O10. The van der Waals surface area contributed by atoms with Crippen LogP contribution < -0.4 is 0 Å². The topological polar surface area (TPSA) is 111 Å². The van der Waals surface area contributed by atoms with E-state index in [1.807, 2.05) is 76.2 Å². The zero-order chi connectivity index (χ0) is 35.7. The zero-order valence-corrected chi connectivity index (χ0v) is 31.7. The summed E-state index contributed by atoms with van der Waals surface area (Å²) in [6.07, 6.45) is 8.63. The molecular weight excluding hydrogens is 616 g/mol. The van der Waals surface area contributed by atoms with Crippen LogP contribution in [0.4, 0.5) is 0 Å². The molecule has 0 aromatic rings. The molecule has 0 aromatic heterocycles. The van der Waals surface area contributed by atoms with Gasteiger partial charge in [-0.2, -0.15) is 0 Å². The molecule has 4 rings (SSSR count). The first-order chi connectivity index (χ1) is 22.1. The third-order valence-electron chi connectivity index (χ3n) is 10.0. The van der Waals surface area contributed by atoms with Gasteiger partial charge in [-0.15, -0.1) is 0 Å². The minimum absolute atomic E-state index is 0.0363. The Balaban J connectivity index is 1.38. The Kier molecular flexibility index (Phi) is 13.1. The van der Waals surface area contributed by atoms with Gasteiger partial charge in [0.1, 0.15) is 6.29 Å². The van der Waals surface area contributed by atoms with E-state index in [9.17, 15) is 9.90 Å². The minimum atomic E-state index is -0.768. The first kappa shape index (κ1) is 39.8. The molecule has 0 bridgehead atoms. The van der Waals surface area contributed by atoms with Crippen molar-refractivity contribution in [1.82, 2.24) is 0 Å². The van der Waals surface area contributed by atoms with Gasteiger partial charge >= 0.3 is 0 Å². The van der Waals surface area contributed by atoms with Crippen molar-refractivity contribution in [2.24, 2.45) is 17.8 Å². The van der Waals surface area contributed by atoms with Crippen molar-refractivity contribution in [3.05, 3.63) is 12.2 Å². The molecule has 0 saturated carbocycles. The van der Waals surface area contributed by atoms with Gasteiger partial charge in [-0.3, -0.25) is 0 Å². The van der Waals surface area contributed by atoms with E-state index in [0.717, 1.165) is 32.0 Å². The summed E-state index contributed by atoms with van der Waals surface area (Å²) in [6, 6.07) is 0. The predicted molar refractivity (Wildman–Crippen MR) is 182 cm³/mol. The van der Waals surface area contributed by atoms with Crippen molar-refractivity contribution in [2.75, 3.05) is 0 Å². The summed E-state index contributed by atoms with van der Waals surface area (Å²) in [5, 5.41) is 10.5. The SMILES string of the molecule is CC(C)[C@H](O)[C@@H](C)/C=C/[C@H]1C[C@@H](C[C@@H]2C[C@@H](C[C@@H]3C[C@H](C[C@H]4OC(C)(C)O[C@@H](CC=O)[C@@H]4C)OC(C)(C)O3)OC(C)(C)O2)OC(C)(C)O1. The summed E-state index contributed by atoms with van der Waals surface area (Å²) in [6.45, 7) is 23.8. The summed E-state index contributed by atoms with van der Waals surface area (Å²) in [4.78, 5) is 11.3. The normalized spacial score (nSPS) is 39.2. The van der Waals surface area contributed by atoms with E-state index in [0.29, 0.717) is 19.3 Å². The number of aldehydes is 1. The number of carbonyl (C=O) groups is 1. The molecule has 10 nitrogen and oxygen atoms in total. The summed E-state index contributed by atoms with van der Waals surface area (Å²) in [5.74, 6) is -2.73. The molecule has 48 heavy (non-hydrogen) atoms.